The number of hydrogen-bond donors (Lipinski definition) is 1. The first-order valence-electron chi connectivity index (χ1n) is 6.87. The normalized spacial score (nSPS) is 11.3. The zero-order valence-electron chi connectivity index (χ0n) is 13.1. The highest BCUT2D eigenvalue weighted by molar-refractivity contribution is 6.03. The maximum atomic E-state index is 12.2. The molecule has 0 spiro atoms. The molecule has 0 radical (unpaired) electrons. The van der Waals surface area contributed by atoms with Crippen molar-refractivity contribution in [3.63, 3.8) is 0 Å². The maximum Gasteiger partial charge on any atom is 0.291 e. The highest BCUT2D eigenvalue weighted by Gasteiger charge is 2.18. The summed E-state index contributed by atoms with van der Waals surface area (Å²) >= 11 is 0. The maximum absolute atomic E-state index is 12.2. The van der Waals surface area contributed by atoms with Crippen LogP contribution in [0.1, 0.15) is 42.6 Å². The predicted octanol–water partition coefficient (Wildman–Crippen LogP) is 4.15. The molecule has 4 nitrogen and oxygen atoms in total. The Bertz CT molecular complexity index is 650. The third-order valence-corrected chi connectivity index (χ3v) is 3.28. The first-order valence-corrected chi connectivity index (χ1v) is 6.87. The fourth-order valence-corrected chi connectivity index (χ4v) is 2.01. The van der Waals surface area contributed by atoms with E-state index in [0.29, 0.717) is 17.2 Å². The third kappa shape index (κ3) is 3.45. The molecule has 112 valence electrons. The SMILES string of the molecule is COc1ccc(C(C)(C)C)cc1NC(=O)c1ccc(C)o1. The van der Waals surface area contributed by atoms with Crippen LogP contribution in [0.2, 0.25) is 0 Å². The van der Waals surface area contributed by atoms with E-state index in [-0.39, 0.29) is 17.1 Å². The Balaban J connectivity index is 2.31. The number of anilines is 1. The molecule has 0 fully saturated rings. The van der Waals surface area contributed by atoms with Crippen molar-refractivity contribution < 1.29 is 13.9 Å². The van der Waals surface area contributed by atoms with Crippen molar-refractivity contribution >= 4 is 11.6 Å². The van der Waals surface area contributed by atoms with Crippen molar-refractivity contribution in [3.05, 3.63) is 47.4 Å². The van der Waals surface area contributed by atoms with E-state index in [9.17, 15) is 4.79 Å². The van der Waals surface area contributed by atoms with Crippen molar-refractivity contribution in [2.24, 2.45) is 0 Å². The Labute approximate surface area is 125 Å². The summed E-state index contributed by atoms with van der Waals surface area (Å²) in [6.07, 6.45) is 0. The van der Waals surface area contributed by atoms with Gasteiger partial charge in [-0.05, 0) is 42.2 Å². The van der Waals surface area contributed by atoms with E-state index in [0.717, 1.165) is 5.56 Å². The lowest BCUT2D eigenvalue weighted by Gasteiger charge is -2.21. The van der Waals surface area contributed by atoms with Gasteiger partial charge < -0.3 is 14.5 Å². The number of aryl methyl sites for hydroxylation is 1. The van der Waals surface area contributed by atoms with Crippen molar-refractivity contribution in [2.75, 3.05) is 12.4 Å². The molecule has 0 aliphatic rings. The molecule has 0 saturated carbocycles. The minimum absolute atomic E-state index is 0.00693. The van der Waals surface area contributed by atoms with Crippen LogP contribution in [0.5, 0.6) is 5.75 Å². The number of hydrogen-bond acceptors (Lipinski definition) is 3. The zero-order chi connectivity index (χ0) is 15.6. The topological polar surface area (TPSA) is 51.5 Å². The van der Waals surface area contributed by atoms with E-state index in [4.69, 9.17) is 9.15 Å². The molecule has 1 aromatic heterocycles. The Morgan fingerprint density at radius 2 is 1.90 bits per heavy atom. The monoisotopic (exact) mass is 287 g/mol. The van der Waals surface area contributed by atoms with Crippen LogP contribution in [-0.4, -0.2) is 13.0 Å². The van der Waals surface area contributed by atoms with Gasteiger partial charge in [0.15, 0.2) is 5.76 Å². The average Bonchev–Trinajstić information content (AvgIpc) is 2.84. The summed E-state index contributed by atoms with van der Waals surface area (Å²) < 4.78 is 10.6. The number of nitrogens with one attached hydrogen (secondary N) is 1. The van der Waals surface area contributed by atoms with Crippen molar-refractivity contribution in [2.45, 2.75) is 33.1 Å². The summed E-state index contributed by atoms with van der Waals surface area (Å²) in [4.78, 5) is 12.2. The molecule has 0 saturated heterocycles. The molecular weight excluding hydrogens is 266 g/mol. The molecule has 0 bridgehead atoms. The second kappa shape index (κ2) is 5.64. The molecule has 2 rings (SSSR count). The van der Waals surface area contributed by atoms with E-state index in [1.54, 1.807) is 26.2 Å². The van der Waals surface area contributed by atoms with Gasteiger partial charge in [0.25, 0.3) is 5.91 Å². The summed E-state index contributed by atoms with van der Waals surface area (Å²) in [6, 6.07) is 9.23. The van der Waals surface area contributed by atoms with Crippen LogP contribution in [0.15, 0.2) is 34.7 Å². The Kier molecular flexibility index (Phi) is 4.07. The molecule has 0 unspecified atom stereocenters. The predicted molar refractivity (Wildman–Crippen MR) is 83.1 cm³/mol. The fraction of sp³-hybridized carbons (Fsp3) is 0.353. The van der Waals surface area contributed by atoms with Crippen LogP contribution >= 0.6 is 0 Å². The van der Waals surface area contributed by atoms with E-state index in [2.05, 4.69) is 26.1 Å². The number of amides is 1. The second-order valence-electron chi connectivity index (χ2n) is 6.03. The van der Waals surface area contributed by atoms with Crippen molar-refractivity contribution in [3.8, 4) is 5.75 Å². The number of ether oxygens (including phenoxy) is 1. The molecule has 1 heterocycles. The lowest BCUT2D eigenvalue weighted by molar-refractivity contribution is 0.0995. The minimum Gasteiger partial charge on any atom is -0.495 e. The van der Waals surface area contributed by atoms with Gasteiger partial charge in [-0.3, -0.25) is 4.79 Å². The quantitative estimate of drug-likeness (QED) is 0.922. The second-order valence-corrected chi connectivity index (χ2v) is 6.03. The number of carbonyl (C=O) groups is 1. The summed E-state index contributed by atoms with van der Waals surface area (Å²) in [5, 5.41) is 2.85. The fourth-order valence-electron chi connectivity index (χ4n) is 2.01. The smallest absolute Gasteiger partial charge is 0.291 e. The summed E-state index contributed by atoms with van der Waals surface area (Å²) in [7, 11) is 1.58. The molecule has 2 aromatic rings. The van der Waals surface area contributed by atoms with Gasteiger partial charge in [-0.15, -0.1) is 0 Å². The van der Waals surface area contributed by atoms with Gasteiger partial charge in [0.2, 0.25) is 0 Å². The molecule has 1 aromatic carbocycles. The molecule has 1 amide bonds. The largest absolute Gasteiger partial charge is 0.495 e. The van der Waals surface area contributed by atoms with Crippen molar-refractivity contribution in [1.29, 1.82) is 0 Å². The molecule has 1 N–H and O–H groups in total. The first-order chi connectivity index (χ1) is 9.81. The molecule has 0 aliphatic carbocycles. The van der Waals surface area contributed by atoms with E-state index in [1.165, 1.54) is 0 Å². The first kappa shape index (κ1) is 15.2. The van der Waals surface area contributed by atoms with Crippen molar-refractivity contribution in [1.82, 2.24) is 0 Å². The molecule has 0 aliphatic heterocycles. The van der Waals surface area contributed by atoms with Crippen LogP contribution in [0.25, 0.3) is 0 Å². The number of benzene rings is 1. The molecule has 0 atom stereocenters. The highest BCUT2D eigenvalue weighted by Crippen LogP contribution is 2.31. The molecular formula is C17H21NO3. The standard InChI is InChI=1S/C17H21NO3/c1-11-6-8-15(21-11)16(19)18-13-10-12(17(2,3)4)7-9-14(13)20-5/h6-10H,1-5H3,(H,18,19). The summed E-state index contributed by atoms with van der Waals surface area (Å²) in [6.45, 7) is 8.17. The number of methoxy groups -OCH3 is 1. The number of carbonyl (C=O) groups excluding carboxylic acids is 1. The van der Waals surface area contributed by atoms with Gasteiger partial charge in [0.1, 0.15) is 11.5 Å². The van der Waals surface area contributed by atoms with Crippen LogP contribution < -0.4 is 10.1 Å². The highest BCUT2D eigenvalue weighted by atomic mass is 16.5. The van der Waals surface area contributed by atoms with Crippen LogP contribution in [-0.2, 0) is 5.41 Å². The zero-order valence-corrected chi connectivity index (χ0v) is 13.1. The van der Waals surface area contributed by atoms with Gasteiger partial charge in [0.05, 0.1) is 12.8 Å². The van der Waals surface area contributed by atoms with E-state index >= 15 is 0 Å². The van der Waals surface area contributed by atoms with Gasteiger partial charge in [0, 0.05) is 0 Å². The average molecular weight is 287 g/mol. The third-order valence-electron chi connectivity index (χ3n) is 3.28. The van der Waals surface area contributed by atoms with Gasteiger partial charge >= 0.3 is 0 Å². The van der Waals surface area contributed by atoms with Gasteiger partial charge in [-0.1, -0.05) is 26.8 Å². The molecule has 4 heteroatoms. The van der Waals surface area contributed by atoms with E-state index in [1.807, 2.05) is 18.2 Å². The lowest BCUT2D eigenvalue weighted by atomic mass is 9.87. The minimum atomic E-state index is -0.285. The van der Waals surface area contributed by atoms with Crippen LogP contribution in [0, 0.1) is 6.92 Å². The number of rotatable bonds is 3. The number of furan rings is 1. The Morgan fingerprint density at radius 1 is 1.19 bits per heavy atom. The van der Waals surface area contributed by atoms with Crippen LogP contribution in [0.4, 0.5) is 5.69 Å². The Morgan fingerprint density at radius 3 is 2.43 bits per heavy atom. The van der Waals surface area contributed by atoms with Gasteiger partial charge in [-0.25, -0.2) is 0 Å². The van der Waals surface area contributed by atoms with E-state index < -0.39 is 0 Å². The summed E-state index contributed by atoms with van der Waals surface area (Å²) in [5.74, 6) is 1.33. The van der Waals surface area contributed by atoms with Crippen LogP contribution in [0.3, 0.4) is 0 Å². The Hall–Kier alpha value is -2.23. The van der Waals surface area contributed by atoms with Gasteiger partial charge in [-0.2, -0.15) is 0 Å². The molecule has 21 heavy (non-hydrogen) atoms. The summed E-state index contributed by atoms with van der Waals surface area (Å²) in [5.41, 5.74) is 1.76. The lowest BCUT2D eigenvalue weighted by Crippen LogP contribution is -2.15.